The van der Waals surface area contributed by atoms with Gasteiger partial charge in [-0.3, -0.25) is 4.79 Å². The van der Waals surface area contributed by atoms with Gasteiger partial charge in [0.2, 0.25) is 0 Å². The molecule has 0 atom stereocenters. The number of rotatable bonds is 6. The van der Waals surface area contributed by atoms with Gasteiger partial charge in [0.1, 0.15) is 5.75 Å². The predicted molar refractivity (Wildman–Crippen MR) is 113 cm³/mol. The van der Waals surface area contributed by atoms with Crippen LogP contribution in [0.3, 0.4) is 0 Å². The number of carbonyl (C=O) groups is 1. The summed E-state index contributed by atoms with van der Waals surface area (Å²) >= 11 is 7.60. The molecule has 0 aliphatic carbocycles. The Balaban J connectivity index is 1.74. The number of anilines is 1. The quantitative estimate of drug-likeness (QED) is 0.503. The van der Waals surface area contributed by atoms with Crippen LogP contribution in [0.2, 0.25) is 5.02 Å². The minimum absolute atomic E-state index is 0.140. The van der Waals surface area contributed by atoms with E-state index in [9.17, 15) is 4.79 Å². The number of carbonyl (C=O) groups excluding carboxylic acids is 1. The minimum Gasteiger partial charge on any atom is -0.496 e. The molecule has 3 rings (SSSR count). The van der Waals surface area contributed by atoms with Crippen molar-refractivity contribution in [3.63, 3.8) is 0 Å². The van der Waals surface area contributed by atoms with Crippen LogP contribution >= 0.6 is 23.4 Å². The van der Waals surface area contributed by atoms with Crippen molar-refractivity contribution in [3.8, 4) is 5.75 Å². The van der Waals surface area contributed by atoms with Crippen molar-refractivity contribution < 1.29 is 9.53 Å². The second-order valence-corrected chi connectivity index (χ2v) is 7.57. The zero-order valence-corrected chi connectivity index (χ0v) is 16.7. The molecule has 1 N–H and O–H groups in total. The number of benzene rings is 3. The van der Waals surface area contributed by atoms with Crippen molar-refractivity contribution in [1.29, 1.82) is 0 Å². The van der Waals surface area contributed by atoms with Crippen LogP contribution in [0.15, 0.2) is 71.6 Å². The van der Waals surface area contributed by atoms with Gasteiger partial charge in [0.05, 0.1) is 7.11 Å². The molecule has 3 nitrogen and oxygen atoms in total. The lowest BCUT2D eigenvalue weighted by Gasteiger charge is -2.11. The predicted octanol–water partition coefficient (Wildman–Crippen LogP) is 6.20. The fraction of sp³-hybridized carbons (Fsp3) is 0.136. The topological polar surface area (TPSA) is 38.3 Å². The monoisotopic (exact) mass is 397 g/mol. The van der Waals surface area contributed by atoms with Crippen LogP contribution in [0.5, 0.6) is 5.75 Å². The lowest BCUT2D eigenvalue weighted by atomic mass is 10.1. The summed E-state index contributed by atoms with van der Waals surface area (Å²) in [5.41, 5.74) is 3.49. The molecular formula is C22H20ClNO2S. The lowest BCUT2D eigenvalue weighted by molar-refractivity contribution is 0.102. The van der Waals surface area contributed by atoms with Gasteiger partial charge in [-0.1, -0.05) is 29.3 Å². The highest BCUT2D eigenvalue weighted by Crippen LogP contribution is 2.29. The molecule has 3 aromatic rings. The number of hydrogen-bond acceptors (Lipinski definition) is 3. The number of thioether (sulfide) groups is 1. The molecule has 0 saturated carbocycles. The molecule has 0 aliphatic heterocycles. The first-order valence-corrected chi connectivity index (χ1v) is 9.85. The molecule has 3 aromatic carbocycles. The second-order valence-electron chi connectivity index (χ2n) is 6.09. The lowest BCUT2D eigenvalue weighted by Crippen LogP contribution is -2.12. The SMILES string of the molecule is COc1ccc(C(=O)Nc2ccc(C)cc2)cc1CSc1ccc(Cl)cc1. The van der Waals surface area contributed by atoms with Crippen LogP contribution in [-0.2, 0) is 5.75 Å². The number of hydrogen-bond donors (Lipinski definition) is 1. The third-order valence-corrected chi connectivity index (χ3v) is 5.37. The van der Waals surface area contributed by atoms with Gasteiger partial charge in [0.25, 0.3) is 5.91 Å². The van der Waals surface area contributed by atoms with Crippen LogP contribution in [0.4, 0.5) is 5.69 Å². The first kappa shape index (κ1) is 19.3. The van der Waals surface area contributed by atoms with Crippen molar-refractivity contribution in [3.05, 3.63) is 88.4 Å². The van der Waals surface area contributed by atoms with E-state index in [0.717, 1.165) is 27.5 Å². The Hall–Kier alpha value is -2.43. The van der Waals surface area contributed by atoms with E-state index < -0.39 is 0 Å². The molecule has 0 saturated heterocycles. The molecule has 0 radical (unpaired) electrons. The summed E-state index contributed by atoms with van der Waals surface area (Å²) in [5, 5.41) is 3.64. The van der Waals surface area contributed by atoms with Gasteiger partial charge in [-0.05, 0) is 61.5 Å². The van der Waals surface area contributed by atoms with E-state index in [4.69, 9.17) is 16.3 Å². The van der Waals surface area contributed by atoms with Crippen molar-refractivity contribution >= 4 is 35.0 Å². The Labute approximate surface area is 168 Å². The average molecular weight is 398 g/mol. The van der Waals surface area contributed by atoms with Gasteiger partial charge in [0, 0.05) is 32.5 Å². The maximum Gasteiger partial charge on any atom is 0.255 e. The van der Waals surface area contributed by atoms with Crippen LogP contribution < -0.4 is 10.1 Å². The Bertz CT molecular complexity index is 924. The zero-order valence-electron chi connectivity index (χ0n) is 15.2. The highest BCUT2D eigenvalue weighted by molar-refractivity contribution is 7.98. The number of aryl methyl sites for hydroxylation is 1. The standard InChI is InChI=1S/C22H20ClNO2S/c1-15-3-8-19(9-4-15)24-22(25)16-5-12-21(26-2)17(13-16)14-27-20-10-6-18(23)7-11-20/h3-13H,14H2,1-2H3,(H,24,25). The first-order chi connectivity index (χ1) is 13.0. The zero-order chi connectivity index (χ0) is 19.2. The maximum absolute atomic E-state index is 12.6. The van der Waals surface area contributed by atoms with Gasteiger partial charge in [-0.15, -0.1) is 11.8 Å². The van der Waals surface area contributed by atoms with Gasteiger partial charge in [-0.2, -0.15) is 0 Å². The molecule has 138 valence electrons. The van der Waals surface area contributed by atoms with Gasteiger partial charge in [-0.25, -0.2) is 0 Å². The van der Waals surface area contributed by atoms with E-state index in [1.165, 1.54) is 0 Å². The van der Waals surface area contributed by atoms with Crippen molar-refractivity contribution in [2.24, 2.45) is 0 Å². The van der Waals surface area contributed by atoms with Gasteiger partial charge >= 0.3 is 0 Å². The number of halogens is 1. The minimum atomic E-state index is -0.140. The molecule has 0 unspecified atom stereocenters. The summed E-state index contributed by atoms with van der Waals surface area (Å²) in [6, 6.07) is 20.9. The summed E-state index contributed by atoms with van der Waals surface area (Å²) in [7, 11) is 1.64. The Morgan fingerprint density at radius 3 is 2.41 bits per heavy atom. The summed E-state index contributed by atoms with van der Waals surface area (Å²) in [4.78, 5) is 13.7. The fourth-order valence-electron chi connectivity index (χ4n) is 2.56. The summed E-state index contributed by atoms with van der Waals surface area (Å²) in [5.74, 6) is 1.32. The van der Waals surface area contributed by atoms with Gasteiger partial charge < -0.3 is 10.1 Å². The van der Waals surface area contributed by atoms with Crippen molar-refractivity contribution in [2.75, 3.05) is 12.4 Å². The highest BCUT2D eigenvalue weighted by atomic mass is 35.5. The molecule has 27 heavy (non-hydrogen) atoms. The largest absolute Gasteiger partial charge is 0.496 e. The van der Waals surface area contributed by atoms with E-state index >= 15 is 0 Å². The van der Waals surface area contributed by atoms with Crippen molar-refractivity contribution in [1.82, 2.24) is 0 Å². The molecule has 0 fully saturated rings. The van der Waals surface area contributed by atoms with Gasteiger partial charge in [0.15, 0.2) is 0 Å². The Morgan fingerprint density at radius 1 is 1.04 bits per heavy atom. The van der Waals surface area contributed by atoms with E-state index in [1.807, 2.05) is 67.6 Å². The van der Waals surface area contributed by atoms with Crippen LogP contribution in [-0.4, -0.2) is 13.0 Å². The molecule has 0 bridgehead atoms. The number of amides is 1. The third-order valence-electron chi connectivity index (χ3n) is 4.06. The normalized spacial score (nSPS) is 10.5. The smallest absolute Gasteiger partial charge is 0.255 e. The number of methoxy groups -OCH3 is 1. The summed E-state index contributed by atoms with van der Waals surface area (Å²) < 4.78 is 5.45. The van der Waals surface area contributed by atoms with Crippen LogP contribution in [0.25, 0.3) is 0 Å². The fourth-order valence-corrected chi connectivity index (χ4v) is 3.57. The molecule has 0 spiro atoms. The Morgan fingerprint density at radius 2 is 1.74 bits per heavy atom. The first-order valence-electron chi connectivity index (χ1n) is 8.48. The van der Waals surface area contributed by atoms with Crippen LogP contribution in [0, 0.1) is 6.92 Å². The van der Waals surface area contributed by atoms with E-state index in [1.54, 1.807) is 24.9 Å². The third kappa shape index (κ3) is 5.28. The van der Waals surface area contributed by atoms with E-state index in [-0.39, 0.29) is 5.91 Å². The molecule has 0 aliphatic rings. The van der Waals surface area contributed by atoms with E-state index in [2.05, 4.69) is 5.32 Å². The average Bonchev–Trinajstić information content (AvgIpc) is 2.69. The molecule has 0 aromatic heterocycles. The maximum atomic E-state index is 12.6. The van der Waals surface area contributed by atoms with E-state index in [0.29, 0.717) is 16.3 Å². The Kier molecular flexibility index (Phi) is 6.43. The number of ether oxygens (including phenoxy) is 1. The summed E-state index contributed by atoms with van der Waals surface area (Å²) in [6.45, 7) is 2.01. The van der Waals surface area contributed by atoms with Crippen LogP contribution in [0.1, 0.15) is 21.5 Å². The molecule has 0 heterocycles. The molecule has 1 amide bonds. The highest BCUT2D eigenvalue weighted by Gasteiger charge is 2.11. The molecule has 5 heteroatoms. The summed E-state index contributed by atoms with van der Waals surface area (Å²) in [6.07, 6.45) is 0. The van der Waals surface area contributed by atoms with Crippen molar-refractivity contribution in [2.45, 2.75) is 17.6 Å². The number of nitrogens with one attached hydrogen (secondary N) is 1. The second kappa shape index (κ2) is 8.98. The molecular weight excluding hydrogens is 378 g/mol.